The van der Waals surface area contributed by atoms with Crippen LogP contribution in [0, 0.1) is 18.3 Å². The average Bonchev–Trinajstić information content (AvgIpc) is 2.50. The van der Waals surface area contributed by atoms with Crippen LogP contribution in [0.25, 0.3) is 0 Å². The Labute approximate surface area is 123 Å². The molecule has 3 N–H and O–H groups in total. The summed E-state index contributed by atoms with van der Waals surface area (Å²) in [6.07, 6.45) is 0. The molecule has 0 aliphatic heterocycles. The van der Waals surface area contributed by atoms with Crippen LogP contribution in [-0.4, -0.2) is 13.0 Å². The highest BCUT2D eigenvalue weighted by Gasteiger charge is 2.16. The Kier molecular flexibility index (Phi) is 4.10. The number of para-hydroxylation sites is 2. The molecule has 106 valence electrons. The molecule has 0 atom stereocenters. The van der Waals surface area contributed by atoms with Crippen LogP contribution in [0.5, 0.6) is 5.75 Å². The minimum absolute atomic E-state index is 0.328. The van der Waals surface area contributed by atoms with E-state index in [1.54, 1.807) is 30.3 Å². The number of ether oxygens (including phenoxy) is 1. The molecule has 0 spiro atoms. The number of benzene rings is 2. The zero-order valence-corrected chi connectivity index (χ0v) is 11.8. The van der Waals surface area contributed by atoms with Crippen LogP contribution < -0.4 is 15.8 Å². The monoisotopic (exact) mass is 281 g/mol. The minimum Gasteiger partial charge on any atom is -0.495 e. The molecule has 5 heteroatoms. The number of rotatable bonds is 3. The average molecular weight is 281 g/mol. The van der Waals surface area contributed by atoms with Crippen molar-refractivity contribution in [3.63, 3.8) is 0 Å². The van der Waals surface area contributed by atoms with Gasteiger partial charge >= 0.3 is 0 Å². The third kappa shape index (κ3) is 2.79. The first-order chi connectivity index (χ1) is 10.1. The maximum Gasteiger partial charge on any atom is 0.257 e. The fourth-order valence-corrected chi connectivity index (χ4v) is 1.98. The van der Waals surface area contributed by atoms with Crippen LogP contribution >= 0.6 is 0 Å². The van der Waals surface area contributed by atoms with Crippen molar-refractivity contribution in [3.8, 4) is 11.8 Å². The predicted octanol–water partition coefficient (Wildman–Crippen LogP) is 2.71. The van der Waals surface area contributed by atoms with Crippen molar-refractivity contribution in [1.82, 2.24) is 0 Å². The van der Waals surface area contributed by atoms with Crippen molar-refractivity contribution >= 4 is 17.3 Å². The second-order valence-corrected chi connectivity index (χ2v) is 4.48. The van der Waals surface area contributed by atoms with Crippen molar-refractivity contribution < 1.29 is 9.53 Å². The van der Waals surface area contributed by atoms with Gasteiger partial charge in [0.05, 0.1) is 18.2 Å². The number of nitrogens with zero attached hydrogens (tertiary/aromatic N) is 1. The summed E-state index contributed by atoms with van der Waals surface area (Å²) in [5.41, 5.74) is 8.20. The molecule has 2 rings (SSSR count). The van der Waals surface area contributed by atoms with E-state index < -0.39 is 0 Å². The molecule has 0 heterocycles. The lowest BCUT2D eigenvalue weighted by Crippen LogP contribution is -2.16. The van der Waals surface area contributed by atoms with Gasteiger partial charge in [0, 0.05) is 5.69 Å². The Balaban J connectivity index is 2.41. The highest BCUT2D eigenvalue weighted by atomic mass is 16.5. The SMILES string of the molecule is COc1cccc(C#N)c1NC(=O)c1cccc(C)c1N. The zero-order valence-electron chi connectivity index (χ0n) is 11.8. The van der Waals surface area contributed by atoms with E-state index in [1.165, 1.54) is 7.11 Å². The largest absolute Gasteiger partial charge is 0.495 e. The summed E-state index contributed by atoms with van der Waals surface area (Å²) in [5.74, 6) is 0.0471. The van der Waals surface area contributed by atoms with Crippen LogP contribution in [0.4, 0.5) is 11.4 Å². The van der Waals surface area contributed by atoms with Gasteiger partial charge in [0.1, 0.15) is 17.5 Å². The second-order valence-electron chi connectivity index (χ2n) is 4.48. The van der Waals surface area contributed by atoms with E-state index in [-0.39, 0.29) is 5.91 Å². The number of hydrogen-bond donors (Lipinski definition) is 2. The number of methoxy groups -OCH3 is 1. The number of carbonyl (C=O) groups is 1. The molecular formula is C16H15N3O2. The first-order valence-corrected chi connectivity index (χ1v) is 6.32. The minimum atomic E-state index is -0.378. The Morgan fingerprint density at radius 3 is 2.67 bits per heavy atom. The summed E-state index contributed by atoms with van der Waals surface area (Å²) >= 11 is 0. The molecule has 0 fully saturated rings. The third-order valence-corrected chi connectivity index (χ3v) is 3.17. The molecule has 2 aromatic carbocycles. The first kappa shape index (κ1) is 14.4. The molecule has 0 unspecified atom stereocenters. The van der Waals surface area contributed by atoms with Crippen molar-refractivity contribution in [3.05, 3.63) is 53.1 Å². The fourth-order valence-electron chi connectivity index (χ4n) is 1.98. The normalized spacial score (nSPS) is 9.76. The summed E-state index contributed by atoms with van der Waals surface area (Å²) in [4.78, 5) is 12.4. The smallest absolute Gasteiger partial charge is 0.257 e. The van der Waals surface area contributed by atoms with E-state index in [4.69, 9.17) is 15.7 Å². The van der Waals surface area contributed by atoms with Crippen LogP contribution in [0.2, 0.25) is 0 Å². The third-order valence-electron chi connectivity index (χ3n) is 3.17. The number of amides is 1. The molecule has 5 nitrogen and oxygen atoms in total. The lowest BCUT2D eigenvalue weighted by Gasteiger charge is -2.13. The number of aryl methyl sites for hydroxylation is 1. The van der Waals surface area contributed by atoms with E-state index in [1.807, 2.05) is 19.1 Å². The van der Waals surface area contributed by atoms with Crippen molar-refractivity contribution in [2.24, 2.45) is 0 Å². The Hall–Kier alpha value is -3.00. The summed E-state index contributed by atoms with van der Waals surface area (Å²) in [7, 11) is 1.48. The number of anilines is 2. The zero-order chi connectivity index (χ0) is 15.4. The number of nitriles is 1. The Morgan fingerprint density at radius 1 is 1.29 bits per heavy atom. The fraction of sp³-hybridized carbons (Fsp3) is 0.125. The van der Waals surface area contributed by atoms with Gasteiger partial charge in [-0.3, -0.25) is 4.79 Å². The Morgan fingerprint density at radius 2 is 2.00 bits per heavy atom. The molecule has 0 radical (unpaired) electrons. The van der Waals surface area contributed by atoms with Gasteiger partial charge in [0.2, 0.25) is 0 Å². The maximum atomic E-state index is 12.4. The van der Waals surface area contributed by atoms with E-state index in [2.05, 4.69) is 5.32 Å². The summed E-state index contributed by atoms with van der Waals surface area (Å²) < 4.78 is 5.18. The molecule has 2 aromatic rings. The number of nitrogen functional groups attached to an aromatic ring is 1. The second kappa shape index (κ2) is 5.97. The van der Waals surface area contributed by atoms with Gasteiger partial charge in [0.15, 0.2) is 0 Å². The Bertz CT molecular complexity index is 733. The summed E-state index contributed by atoms with van der Waals surface area (Å²) in [5, 5.41) is 11.8. The molecule has 0 aromatic heterocycles. The highest BCUT2D eigenvalue weighted by Crippen LogP contribution is 2.29. The van der Waals surface area contributed by atoms with Gasteiger partial charge < -0.3 is 15.8 Å². The standard InChI is InChI=1S/C16H15N3O2/c1-10-5-3-7-12(14(10)18)16(20)19-15-11(9-17)6-4-8-13(15)21-2/h3-8H,18H2,1-2H3,(H,19,20). The van der Waals surface area contributed by atoms with E-state index in [9.17, 15) is 4.79 Å². The number of carbonyl (C=O) groups excluding carboxylic acids is 1. The molecule has 1 amide bonds. The summed E-state index contributed by atoms with van der Waals surface area (Å²) in [6, 6.07) is 12.2. The molecule has 21 heavy (non-hydrogen) atoms. The van der Waals surface area contributed by atoms with Gasteiger partial charge in [-0.25, -0.2) is 0 Å². The van der Waals surface area contributed by atoms with Gasteiger partial charge in [-0.2, -0.15) is 5.26 Å². The van der Waals surface area contributed by atoms with Crippen LogP contribution in [-0.2, 0) is 0 Å². The van der Waals surface area contributed by atoms with E-state index >= 15 is 0 Å². The van der Waals surface area contributed by atoms with Gasteiger partial charge in [-0.1, -0.05) is 18.2 Å². The molecule has 0 saturated heterocycles. The van der Waals surface area contributed by atoms with Crippen molar-refractivity contribution in [2.45, 2.75) is 6.92 Å². The number of nitrogens with one attached hydrogen (secondary N) is 1. The predicted molar refractivity (Wildman–Crippen MR) is 81.3 cm³/mol. The van der Waals surface area contributed by atoms with Crippen LogP contribution in [0.15, 0.2) is 36.4 Å². The van der Waals surface area contributed by atoms with Gasteiger partial charge in [-0.15, -0.1) is 0 Å². The highest BCUT2D eigenvalue weighted by molar-refractivity contribution is 6.09. The molecular weight excluding hydrogens is 266 g/mol. The van der Waals surface area contributed by atoms with Crippen molar-refractivity contribution in [1.29, 1.82) is 5.26 Å². The molecule has 0 aliphatic rings. The first-order valence-electron chi connectivity index (χ1n) is 6.32. The van der Waals surface area contributed by atoms with Crippen LogP contribution in [0.1, 0.15) is 21.5 Å². The van der Waals surface area contributed by atoms with Crippen LogP contribution in [0.3, 0.4) is 0 Å². The molecule has 0 aliphatic carbocycles. The molecule has 0 bridgehead atoms. The quantitative estimate of drug-likeness (QED) is 0.847. The number of nitrogens with two attached hydrogens (primary N) is 1. The topological polar surface area (TPSA) is 88.1 Å². The number of hydrogen-bond acceptors (Lipinski definition) is 4. The van der Waals surface area contributed by atoms with Gasteiger partial charge in [0.25, 0.3) is 5.91 Å². The molecule has 0 saturated carbocycles. The van der Waals surface area contributed by atoms with Gasteiger partial charge in [-0.05, 0) is 30.7 Å². The van der Waals surface area contributed by atoms with E-state index in [0.717, 1.165) is 5.56 Å². The van der Waals surface area contributed by atoms with Crippen molar-refractivity contribution in [2.75, 3.05) is 18.2 Å². The summed E-state index contributed by atoms with van der Waals surface area (Å²) in [6.45, 7) is 1.83. The maximum absolute atomic E-state index is 12.4. The van der Waals surface area contributed by atoms with E-state index in [0.29, 0.717) is 28.3 Å². The lowest BCUT2D eigenvalue weighted by atomic mass is 10.1. The lowest BCUT2D eigenvalue weighted by molar-refractivity contribution is 0.102.